The van der Waals surface area contributed by atoms with Gasteiger partial charge in [-0.1, -0.05) is 68.5 Å². The molecule has 0 aliphatic rings. The number of hydrogen-bond acceptors (Lipinski definition) is 6. The summed E-state index contributed by atoms with van der Waals surface area (Å²) in [6.45, 7) is 0.783. The van der Waals surface area contributed by atoms with E-state index in [2.05, 4.69) is 43.4 Å². The minimum Gasteiger partial charge on any atom is -0.461 e. The summed E-state index contributed by atoms with van der Waals surface area (Å²) in [6, 6.07) is 19.9. The van der Waals surface area contributed by atoms with E-state index in [1.165, 1.54) is 0 Å². The van der Waals surface area contributed by atoms with Crippen LogP contribution in [0.2, 0.25) is 0 Å². The van der Waals surface area contributed by atoms with Crippen LogP contribution in [0.4, 0.5) is 0 Å². The van der Waals surface area contributed by atoms with Gasteiger partial charge in [0.2, 0.25) is 0 Å². The number of esters is 2. The van der Waals surface area contributed by atoms with Crippen LogP contribution in [0.15, 0.2) is 73.1 Å². The molecule has 220 valence electrons. The molecule has 8 nitrogen and oxygen atoms in total. The zero-order valence-corrected chi connectivity index (χ0v) is 24.7. The first-order valence-electron chi connectivity index (χ1n) is 15.0. The topological polar surface area (TPSA) is 88.2 Å². The molecule has 0 saturated carbocycles. The molecule has 6 rings (SSSR count). The summed E-state index contributed by atoms with van der Waals surface area (Å²) >= 11 is 0. The van der Waals surface area contributed by atoms with Crippen LogP contribution in [-0.2, 0) is 23.6 Å². The number of carbonyl (C=O) groups is 2. The summed E-state index contributed by atoms with van der Waals surface area (Å²) in [7, 11) is 4.01. The summed E-state index contributed by atoms with van der Waals surface area (Å²) in [4.78, 5) is 33.9. The Labute approximate surface area is 250 Å². The Balaban J connectivity index is 0.859. The molecule has 0 amide bonds. The van der Waals surface area contributed by atoms with Crippen LogP contribution in [0, 0.1) is 0 Å². The fraction of sp³-hybridized carbons (Fsp3) is 0.314. The Morgan fingerprint density at radius 1 is 0.558 bits per heavy atom. The van der Waals surface area contributed by atoms with E-state index in [1.807, 2.05) is 50.5 Å². The Morgan fingerprint density at radius 3 is 1.40 bits per heavy atom. The second-order valence-corrected chi connectivity index (χ2v) is 11.1. The number of aromatic nitrogens is 4. The molecule has 0 radical (unpaired) electrons. The molecule has 0 saturated heterocycles. The van der Waals surface area contributed by atoms with Gasteiger partial charge in [-0.05, 0) is 37.1 Å². The zero-order chi connectivity index (χ0) is 29.8. The number of benzene rings is 2. The predicted molar refractivity (Wildman–Crippen MR) is 169 cm³/mol. The van der Waals surface area contributed by atoms with Crippen LogP contribution < -0.4 is 0 Å². The molecule has 0 bridgehead atoms. The summed E-state index contributed by atoms with van der Waals surface area (Å²) in [5, 5.41) is 4.22. The van der Waals surface area contributed by atoms with Gasteiger partial charge < -0.3 is 18.6 Å². The molecule has 0 spiro atoms. The van der Waals surface area contributed by atoms with Crippen LogP contribution >= 0.6 is 0 Å². The van der Waals surface area contributed by atoms with E-state index in [0.29, 0.717) is 24.6 Å². The highest BCUT2D eigenvalue weighted by Gasteiger charge is 2.15. The third-order valence-electron chi connectivity index (χ3n) is 8.27. The van der Waals surface area contributed by atoms with Crippen molar-refractivity contribution in [2.45, 2.75) is 44.9 Å². The Kier molecular flexibility index (Phi) is 8.36. The van der Waals surface area contributed by atoms with Gasteiger partial charge in [-0.25, -0.2) is 19.6 Å². The highest BCUT2D eigenvalue weighted by molar-refractivity contribution is 6.10. The number of para-hydroxylation sites is 2. The van der Waals surface area contributed by atoms with Gasteiger partial charge in [-0.15, -0.1) is 0 Å². The van der Waals surface area contributed by atoms with Gasteiger partial charge in [0, 0.05) is 46.7 Å². The molecule has 2 aromatic carbocycles. The third kappa shape index (κ3) is 5.82. The predicted octanol–water partition coefficient (Wildman–Crippen LogP) is 7.51. The van der Waals surface area contributed by atoms with E-state index in [4.69, 9.17) is 9.47 Å². The van der Waals surface area contributed by atoms with E-state index >= 15 is 0 Å². The molecule has 6 aromatic rings. The lowest BCUT2D eigenvalue weighted by Crippen LogP contribution is -2.08. The summed E-state index contributed by atoms with van der Waals surface area (Å²) in [5.74, 6) is -0.756. The second kappa shape index (κ2) is 12.7. The van der Waals surface area contributed by atoms with Crippen molar-refractivity contribution in [2.24, 2.45) is 14.1 Å². The average Bonchev–Trinajstić information content (AvgIpc) is 3.49. The van der Waals surface area contributed by atoms with Gasteiger partial charge in [-0.2, -0.15) is 0 Å². The highest BCUT2D eigenvalue weighted by atomic mass is 16.5. The lowest BCUT2D eigenvalue weighted by atomic mass is 10.1. The third-order valence-corrected chi connectivity index (χ3v) is 8.27. The minimum absolute atomic E-state index is 0.342. The Morgan fingerprint density at radius 2 is 0.953 bits per heavy atom. The maximum Gasteiger partial charge on any atom is 0.356 e. The zero-order valence-electron chi connectivity index (χ0n) is 24.7. The van der Waals surface area contributed by atoms with Crippen molar-refractivity contribution in [3.05, 3.63) is 84.4 Å². The van der Waals surface area contributed by atoms with Crippen LogP contribution in [0.3, 0.4) is 0 Å². The molecule has 0 aliphatic heterocycles. The number of nitrogens with zero attached hydrogens (tertiary/aromatic N) is 4. The summed E-state index contributed by atoms with van der Waals surface area (Å²) < 4.78 is 15.2. The van der Waals surface area contributed by atoms with Gasteiger partial charge in [0.15, 0.2) is 0 Å². The molecule has 8 heteroatoms. The second-order valence-electron chi connectivity index (χ2n) is 11.1. The number of hydrogen-bond donors (Lipinski definition) is 0. The quantitative estimate of drug-likeness (QED) is 0.111. The van der Waals surface area contributed by atoms with Gasteiger partial charge in [-0.3, -0.25) is 0 Å². The molecular formula is C35H36N4O4. The monoisotopic (exact) mass is 576 g/mol. The van der Waals surface area contributed by atoms with Gasteiger partial charge in [0.25, 0.3) is 0 Å². The number of unbranched alkanes of at least 4 members (excludes halogenated alkanes) is 6. The molecule has 43 heavy (non-hydrogen) atoms. The number of ether oxygens (including phenoxy) is 2. The maximum atomic E-state index is 12.6. The first-order valence-corrected chi connectivity index (χ1v) is 15.0. The number of pyridine rings is 2. The van der Waals surface area contributed by atoms with Crippen molar-refractivity contribution in [1.82, 2.24) is 19.1 Å². The molecule has 4 heterocycles. The van der Waals surface area contributed by atoms with Crippen molar-refractivity contribution < 1.29 is 19.1 Å². The molecular weight excluding hydrogens is 540 g/mol. The average molecular weight is 577 g/mol. The number of carbonyl (C=O) groups excluding carboxylic acids is 2. The SMILES string of the molecule is Cn1c2ccccc2c2cc(C(=O)OCCCCCCCCCOC(=O)c3cc4c5ccccc5n(C)c4cn3)ncc21. The summed E-state index contributed by atoms with van der Waals surface area (Å²) in [6.07, 6.45) is 10.4. The number of fused-ring (bicyclic) bond motifs is 6. The lowest BCUT2D eigenvalue weighted by molar-refractivity contribution is 0.0484. The van der Waals surface area contributed by atoms with E-state index in [-0.39, 0.29) is 11.9 Å². The highest BCUT2D eigenvalue weighted by Crippen LogP contribution is 2.29. The van der Waals surface area contributed by atoms with Crippen LogP contribution in [0.5, 0.6) is 0 Å². The van der Waals surface area contributed by atoms with Crippen LogP contribution in [0.25, 0.3) is 43.6 Å². The molecule has 0 fully saturated rings. The Hall–Kier alpha value is -4.72. The minimum atomic E-state index is -0.378. The van der Waals surface area contributed by atoms with Gasteiger partial charge in [0.1, 0.15) is 11.4 Å². The van der Waals surface area contributed by atoms with Gasteiger partial charge in [0.05, 0.1) is 36.6 Å². The largest absolute Gasteiger partial charge is 0.461 e. The van der Waals surface area contributed by atoms with Crippen LogP contribution in [0.1, 0.15) is 65.9 Å². The first-order chi connectivity index (χ1) is 21.0. The Bertz CT molecular complexity index is 1800. The lowest BCUT2D eigenvalue weighted by Gasteiger charge is -2.06. The van der Waals surface area contributed by atoms with E-state index < -0.39 is 0 Å². The fourth-order valence-electron chi connectivity index (χ4n) is 5.90. The first kappa shape index (κ1) is 28.4. The van der Waals surface area contributed by atoms with Gasteiger partial charge >= 0.3 is 11.9 Å². The van der Waals surface area contributed by atoms with E-state index in [9.17, 15) is 9.59 Å². The normalized spacial score (nSPS) is 11.6. The van der Waals surface area contributed by atoms with Crippen molar-refractivity contribution in [3.63, 3.8) is 0 Å². The van der Waals surface area contributed by atoms with E-state index in [1.54, 1.807) is 12.4 Å². The smallest absolute Gasteiger partial charge is 0.356 e. The maximum absolute atomic E-state index is 12.6. The van der Waals surface area contributed by atoms with Crippen molar-refractivity contribution >= 4 is 55.6 Å². The van der Waals surface area contributed by atoms with Crippen LogP contribution in [-0.4, -0.2) is 44.3 Å². The van der Waals surface area contributed by atoms with Crippen molar-refractivity contribution in [3.8, 4) is 0 Å². The molecule has 0 atom stereocenters. The summed E-state index contributed by atoms with van der Waals surface area (Å²) in [5.41, 5.74) is 4.89. The molecule has 0 unspecified atom stereocenters. The molecule has 4 aromatic heterocycles. The fourth-order valence-corrected chi connectivity index (χ4v) is 5.90. The molecule has 0 aliphatic carbocycles. The molecule has 0 N–H and O–H groups in total. The number of rotatable bonds is 12. The van der Waals surface area contributed by atoms with Crippen molar-refractivity contribution in [1.29, 1.82) is 0 Å². The van der Waals surface area contributed by atoms with E-state index in [0.717, 1.165) is 88.6 Å². The van der Waals surface area contributed by atoms with Crippen molar-refractivity contribution in [2.75, 3.05) is 13.2 Å². The number of aryl methyl sites for hydroxylation is 2. The standard InChI is InChI=1S/C35H36N4O4/c1-38-30-16-10-8-14-24(30)26-20-28(36-22-32(26)38)34(40)42-18-12-6-4-3-5-7-13-19-43-35(41)29-21-27-25-15-9-11-17-31(25)39(2)33(27)23-37-29/h8-11,14-17,20-23H,3-7,12-13,18-19H2,1-2H3.